The number of halogens is 2. The van der Waals surface area contributed by atoms with Gasteiger partial charge in [0.2, 0.25) is 5.95 Å². The van der Waals surface area contributed by atoms with Gasteiger partial charge in [0.1, 0.15) is 6.33 Å². The zero-order chi connectivity index (χ0) is 7.40. The SMILES string of the molecule is F/C=C(/F)N1CCOCC1. The predicted octanol–water partition coefficient (Wildman–Crippen LogP) is 1.06. The van der Waals surface area contributed by atoms with Crippen LogP contribution in [0.5, 0.6) is 0 Å². The number of hydrogen-bond donors (Lipinski definition) is 0. The lowest BCUT2D eigenvalue weighted by atomic mass is 10.4. The molecule has 0 bridgehead atoms. The lowest BCUT2D eigenvalue weighted by Crippen LogP contribution is -2.34. The van der Waals surface area contributed by atoms with Crippen molar-refractivity contribution >= 4 is 0 Å². The summed E-state index contributed by atoms with van der Waals surface area (Å²) in [6, 6.07) is 0. The monoisotopic (exact) mass is 149 g/mol. The Balaban J connectivity index is 2.39. The molecule has 0 N–H and O–H groups in total. The number of hydrogen-bond acceptors (Lipinski definition) is 2. The summed E-state index contributed by atoms with van der Waals surface area (Å²) in [4.78, 5) is 1.31. The quantitative estimate of drug-likeness (QED) is 0.517. The lowest BCUT2D eigenvalue weighted by molar-refractivity contribution is 0.0414. The van der Waals surface area contributed by atoms with Crippen molar-refractivity contribution in [3.8, 4) is 0 Å². The van der Waals surface area contributed by atoms with Crippen molar-refractivity contribution in [1.29, 1.82) is 0 Å². The molecule has 0 radical (unpaired) electrons. The van der Waals surface area contributed by atoms with Gasteiger partial charge in [-0.15, -0.1) is 0 Å². The fraction of sp³-hybridized carbons (Fsp3) is 0.667. The van der Waals surface area contributed by atoms with Gasteiger partial charge in [0, 0.05) is 13.1 Å². The maximum atomic E-state index is 12.4. The first-order valence-corrected chi connectivity index (χ1v) is 3.13. The molecule has 1 aliphatic heterocycles. The van der Waals surface area contributed by atoms with Crippen LogP contribution in [0.1, 0.15) is 0 Å². The first-order valence-electron chi connectivity index (χ1n) is 3.13. The third-order valence-corrected chi connectivity index (χ3v) is 1.40. The van der Waals surface area contributed by atoms with Crippen molar-refractivity contribution in [2.75, 3.05) is 26.3 Å². The first-order chi connectivity index (χ1) is 4.84. The van der Waals surface area contributed by atoms with Crippen LogP contribution in [0.3, 0.4) is 0 Å². The van der Waals surface area contributed by atoms with E-state index in [0.717, 1.165) is 0 Å². The Kier molecular flexibility index (Phi) is 2.62. The number of ether oxygens (including phenoxy) is 1. The number of rotatable bonds is 1. The summed E-state index contributed by atoms with van der Waals surface area (Å²) in [7, 11) is 0. The van der Waals surface area contributed by atoms with E-state index in [2.05, 4.69) is 0 Å². The molecule has 4 heteroatoms. The zero-order valence-electron chi connectivity index (χ0n) is 5.52. The minimum Gasteiger partial charge on any atom is -0.378 e. The highest BCUT2D eigenvalue weighted by Gasteiger charge is 2.12. The maximum Gasteiger partial charge on any atom is 0.218 e. The topological polar surface area (TPSA) is 12.5 Å². The Morgan fingerprint density at radius 2 is 2.00 bits per heavy atom. The number of morpholine rings is 1. The molecule has 0 aromatic carbocycles. The average Bonchev–Trinajstić information content (AvgIpc) is 2.05. The highest BCUT2D eigenvalue weighted by atomic mass is 19.2. The van der Waals surface area contributed by atoms with E-state index in [-0.39, 0.29) is 6.33 Å². The Morgan fingerprint density at radius 1 is 1.40 bits per heavy atom. The second-order valence-corrected chi connectivity index (χ2v) is 2.03. The van der Waals surface area contributed by atoms with E-state index in [1.807, 2.05) is 0 Å². The molecule has 1 saturated heterocycles. The molecule has 58 valence electrons. The minimum absolute atomic E-state index is 0.0225. The Bertz CT molecular complexity index is 132. The zero-order valence-corrected chi connectivity index (χ0v) is 5.52. The van der Waals surface area contributed by atoms with Gasteiger partial charge in [0.05, 0.1) is 13.2 Å². The van der Waals surface area contributed by atoms with Gasteiger partial charge in [-0.05, 0) is 0 Å². The normalized spacial score (nSPS) is 21.4. The molecule has 0 unspecified atom stereocenters. The fourth-order valence-corrected chi connectivity index (χ4v) is 0.846. The fourth-order valence-electron chi connectivity index (χ4n) is 0.846. The molecule has 10 heavy (non-hydrogen) atoms. The Hall–Kier alpha value is -0.640. The molecule has 1 fully saturated rings. The maximum absolute atomic E-state index is 12.4. The van der Waals surface area contributed by atoms with Crippen molar-refractivity contribution < 1.29 is 13.5 Å². The van der Waals surface area contributed by atoms with Crippen molar-refractivity contribution in [1.82, 2.24) is 4.90 Å². The summed E-state index contributed by atoms with van der Waals surface area (Å²) in [6.45, 7) is 1.82. The van der Waals surface area contributed by atoms with E-state index in [9.17, 15) is 8.78 Å². The highest BCUT2D eigenvalue weighted by Crippen LogP contribution is 2.08. The van der Waals surface area contributed by atoms with Crippen LogP contribution in [-0.4, -0.2) is 31.2 Å². The second kappa shape index (κ2) is 3.51. The van der Waals surface area contributed by atoms with Gasteiger partial charge in [0.15, 0.2) is 0 Å². The second-order valence-electron chi connectivity index (χ2n) is 2.03. The molecule has 1 heterocycles. The molecular weight excluding hydrogens is 140 g/mol. The van der Waals surface area contributed by atoms with Crippen molar-refractivity contribution in [2.45, 2.75) is 0 Å². The van der Waals surface area contributed by atoms with E-state index < -0.39 is 5.95 Å². The van der Waals surface area contributed by atoms with Gasteiger partial charge in [-0.25, -0.2) is 4.39 Å². The van der Waals surface area contributed by atoms with Crippen LogP contribution >= 0.6 is 0 Å². The summed E-state index contributed by atoms with van der Waals surface area (Å²) >= 11 is 0. The lowest BCUT2D eigenvalue weighted by Gasteiger charge is -2.25. The summed E-state index contributed by atoms with van der Waals surface area (Å²) in [5.74, 6) is -0.802. The molecule has 0 aromatic heterocycles. The van der Waals surface area contributed by atoms with Crippen molar-refractivity contribution in [3.63, 3.8) is 0 Å². The Morgan fingerprint density at radius 3 is 2.50 bits per heavy atom. The standard InChI is InChI=1S/C6H9F2NO/c7-5-6(8)9-1-3-10-4-2-9/h5H,1-4H2/b6-5-. The number of nitrogens with zero attached hydrogens (tertiary/aromatic N) is 1. The summed E-state index contributed by atoms with van der Waals surface area (Å²) in [5.41, 5.74) is 0. The van der Waals surface area contributed by atoms with Gasteiger partial charge in [0.25, 0.3) is 0 Å². The first kappa shape index (κ1) is 7.47. The minimum atomic E-state index is -0.802. The Labute approximate surface area is 58.1 Å². The van der Waals surface area contributed by atoms with Gasteiger partial charge in [-0.3, -0.25) is 0 Å². The van der Waals surface area contributed by atoms with E-state index in [1.54, 1.807) is 0 Å². The van der Waals surface area contributed by atoms with Crippen molar-refractivity contribution in [2.24, 2.45) is 0 Å². The molecule has 2 nitrogen and oxygen atoms in total. The molecule has 0 aromatic rings. The molecular formula is C6H9F2NO. The molecule has 0 atom stereocenters. The molecule has 1 rings (SSSR count). The molecule has 1 aliphatic rings. The summed E-state index contributed by atoms with van der Waals surface area (Å²) in [6.07, 6.45) is -0.0225. The third-order valence-electron chi connectivity index (χ3n) is 1.40. The van der Waals surface area contributed by atoms with Gasteiger partial charge in [-0.1, -0.05) is 0 Å². The van der Waals surface area contributed by atoms with Crippen molar-refractivity contribution in [3.05, 3.63) is 12.3 Å². The van der Waals surface area contributed by atoms with Crippen LogP contribution in [0.4, 0.5) is 8.78 Å². The van der Waals surface area contributed by atoms with Gasteiger partial charge in [-0.2, -0.15) is 4.39 Å². The smallest absolute Gasteiger partial charge is 0.218 e. The van der Waals surface area contributed by atoms with E-state index in [1.165, 1.54) is 4.90 Å². The van der Waals surface area contributed by atoms with Crippen LogP contribution in [0.25, 0.3) is 0 Å². The molecule has 0 aliphatic carbocycles. The van der Waals surface area contributed by atoms with E-state index in [4.69, 9.17) is 4.74 Å². The molecule has 0 saturated carbocycles. The van der Waals surface area contributed by atoms with Gasteiger partial charge < -0.3 is 9.64 Å². The van der Waals surface area contributed by atoms with Crippen LogP contribution < -0.4 is 0 Å². The average molecular weight is 149 g/mol. The van der Waals surface area contributed by atoms with Gasteiger partial charge >= 0.3 is 0 Å². The van der Waals surface area contributed by atoms with Crippen LogP contribution in [0.2, 0.25) is 0 Å². The largest absolute Gasteiger partial charge is 0.378 e. The predicted molar refractivity (Wildman–Crippen MR) is 32.7 cm³/mol. The van der Waals surface area contributed by atoms with E-state index >= 15 is 0 Å². The van der Waals surface area contributed by atoms with Crippen LogP contribution in [-0.2, 0) is 4.74 Å². The van der Waals surface area contributed by atoms with Crippen LogP contribution in [0, 0.1) is 0 Å². The molecule has 0 spiro atoms. The molecule has 0 amide bonds. The summed E-state index contributed by atoms with van der Waals surface area (Å²) in [5, 5.41) is 0. The third kappa shape index (κ3) is 1.67. The van der Waals surface area contributed by atoms with E-state index in [0.29, 0.717) is 26.3 Å². The van der Waals surface area contributed by atoms with Crippen LogP contribution in [0.15, 0.2) is 12.3 Å². The highest BCUT2D eigenvalue weighted by molar-refractivity contribution is 4.86. The summed E-state index contributed by atoms with van der Waals surface area (Å²) < 4.78 is 28.9.